The molecule has 1 fully saturated rings. The molecular weight excluding hydrogens is 192 g/mol. The molecule has 4 nitrogen and oxygen atoms in total. The van der Waals surface area contributed by atoms with E-state index >= 15 is 0 Å². The van der Waals surface area contributed by atoms with Crippen molar-refractivity contribution >= 4 is 0 Å². The van der Waals surface area contributed by atoms with Crippen molar-refractivity contribution in [1.29, 1.82) is 0 Å². The van der Waals surface area contributed by atoms with E-state index < -0.39 is 5.60 Å². The molecule has 0 aromatic carbocycles. The molecule has 1 aromatic rings. The van der Waals surface area contributed by atoms with Crippen LogP contribution in [0.5, 0.6) is 0 Å². The van der Waals surface area contributed by atoms with E-state index in [1.807, 2.05) is 6.92 Å². The number of nitrogens with zero attached hydrogens (tertiary/aromatic N) is 2. The summed E-state index contributed by atoms with van der Waals surface area (Å²) in [5.41, 5.74) is -0.627. The van der Waals surface area contributed by atoms with Gasteiger partial charge in [0.1, 0.15) is 0 Å². The first-order chi connectivity index (χ1) is 7.14. The Kier molecular flexibility index (Phi) is 2.78. The maximum Gasteiger partial charge on any atom is 0.229 e. The fraction of sp³-hybridized carbons (Fsp3) is 0.818. The fourth-order valence-electron chi connectivity index (χ4n) is 2.26. The minimum Gasteiger partial charge on any atom is -0.389 e. The summed E-state index contributed by atoms with van der Waals surface area (Å²) in [6.07, 6.45) is 4.30. The highest BCUT2D eigenvalue weighted by Crippen LogP contribution is 2.37. The Bertz CT molecular complexity index is 337. The molecule has 1 aliphatic rings. The average molecular weight is 210 g/mol. The SMILES string of the molecule is CCc1noc(C[C@@]2(O)CCC[C@@H]2C)n1. The van der Waals surface area contributed by atoms with Gasteiger partial charge in [-0.05, 0) is 18.8 Å². The number of aryl methyl sites for hydroxylation is 1. The van der Waals surface area contributed by atoms with Crippen LogP contribution in [0, 0.1) is 5.92 Å². The minimum atomic E-state index is -0.627. The Morgan fingerprint density at radius 2 is 2.40 bits per heavy atom. The summed E-state index contributed by atoms with van der Waals surface area (Å²) in [6, 6.07) is 0. The standard InChI is InChI=1S/C11H18N2O2/c1-3-9-12-10(15-13-9)7-11(14)6-4-5-8(11)2/h8,14H,3-7H2,1-2H3/t8-,11-/m0/s1. The van der Waals surface area contributed by atoms with Gasteiger partial charge in [-0.3, -0.25) is 0 Å². The lowest BCUT2D eigenvalue weighted by atomic mass is 9.89. The molecule has 15 heavy (non-hydrogen) atoms. The van der Waals surface area contributed by atoms with Crippen molar-refractivity contribution in [3.05, 3.63) is 11.7 Å². The first-order valence-electron chi connectivity index (χ1n) is 5.68. The number of hydrogen-bond donors (Lipinski definition) is 1. The molecule has 0 bridgehead atoms. The molecule has 1 aromatic heterocycles. The smallest absolute Gasteiger partial charge is 0.229 e. The predicted molar refractivity (Wildman–Crippen MR) is 55.3 cm³/mol. The lowest BCUT2D eigenvalue weighted by Crippen LogP contribution is -2.34. The summed E-state index contributed by atoms with van der Waals surface area (Å²) in [4.78, 5) is 4.23. The highest BCUT2D eigenvalue weighted by Gasteiger charge is 2.39. The largest absolute Gasteiger partial charge is 0.389 e. The lowest BCUT2D eigenvalue weighted by Gasteiger charge is -2.25. The third kappa shape index (κ3) is 2.04. The molecule has 0 spiro atoms. The molecule has 2 atom stereocenters. The van der Waals surface area contributed by atoms with Crippen LogP contribution in [0.1, 0.15) is 44.8 Å². The zero-order chi connectivity index (χ0) is 10.9. The second-order valence-corrected chi connectivity index (χ2v) is 4.53. The van der Waals surface area contributed by atoms with Crippen LogP contribution in [-0.2, 0) is 12.8 Å². The van der Waals surface area contributed by atoms with Crippen molar-refractivity contribution in [3.8, 4) is 0 Å². The van der Waals surface area contributed by atoms with E-state index in [9.17, 15) is 5.11 Å². The summed E-state index contributed by atoms with van der Waals surface area (Å²) < 4.78 is 5.11. The molecule has 1 saturated carbocycles. The molecule has 1 heterocycles. The van der Waals surface area contributed by atoms with E-state index in [0.29, 0.717) is 18.2 Å². The van der Waals surface area contributed by atoms with Crippen LogP contribution in [0.15, 0.2) is 4.52 Å². The highest BCUT2D eigenvalue weighted by atomic mass is 16.5. The van der Waals surface area contributed by atoms with Crippen molar-refractivity contribution in [2.24, 2.45) is 5.92 Å². The van der Waals surface area contributed by atoms with Crippen LogP contribution in [-0.4, -0.2) is 20.8 Å². The van der Waals surface area contributed by atoms with E-state index in [4.69, 9.17) is 4.52 Å². The van der Waals surface area contributed by atoms with Crippen molar-refractivity contribution < 1.29 is 9.63 Å². The van der Waals surface area contributed by atoms with Crippen LogP contribution >= 0.6 is 0 Å². The lowest BCUT2D eigenvalue weighted by molar-refractivity contribution is 0.00291. The maximum absolute atomic E-state index is 10.4. The van der Waals surface area contributed by atoms with E-state index in [-0.39, 0.29) is 0 Å². The molecule has 0 aliphatic heterocycles. The van der Waals surface area contributed by atoms with Crippen molar-refractivity contribution in [2.75, 3.05) is 0 Å². The van der Waals surface area contributed by atoms with E-state index in [1.165, 1.54) is 0 Å². The van der Waals surface area contributed by atoms with Crippen LogP contribution in [0.2, 0.25) is 0 Å². The molecule has 1 aliphatic carbocycles. The highest BCUT2D eigenvalue weighted by molar-refractivity contribution is 4.98. The zero-order valence-corrected chi connectivity index (χ0v) is 9.36. The summed E-state index contributed by atoms with van der Waals surface area (Å²) in [6.45, 7) is 4.08. The zero-order valence-electron chi connectivity index (χ0n) is 9.36. The Labute approximate surface area is 89.7 Å². The molecule has 0 radical (unpaired) electrons. The Morgan fingerprint density at radius 3 is 2.93 bits per heavy atom. The van der Waals surface area contributed by atoms with E-state index in [0.717, 1.165) is 31.5 Å². The van der Waals surface area contributed by atoms with Gasteiger partial charge < -0.3 is 9.63 Å². The van der Waals surface area contributed by atoms with Crippen molar-refractivity contribution in [1.82, 2.24) is 10.1 Å². The van der Waals surface area contributed by atoms with Crippen molar-refractivity contribution in [3.63, 3.8) is 0 Å². The van der Waals surface area contributed by atoms with Gasteiger partial charge >= 0.3 is 0 Å². The van der Waals surface area contributed by atoms with Gasteiger partial charge in [0, 0.05) is 6.42 Å². The monoisotopic (exact) mass is 210 g/mol. The molecule has 0 amide bonds. The summed E-state index contributed by atoms with van der Waals surface area (Å²) in [5.74, 6) is 1.62. The number of aliphatic hydroxyl groups is 1. The Hall–Kier alpha value is -0.900. The van der Waals surface area contributed by atoms with Crippen LogP contribution in [0.25, 0.3) is 0 Å². The molecule has 0 unspecified atom stereocenters. The summed E-state index contributed by atoms with van der Waals surface area (Å²) in [5, 5.41) is 14.2. The first-order valence-corrected chi connectivity index (χ1v) is 5.68. The van der Waals surface area contributed by atoms with E-state index in [1.54, 1.807) is 0 Å². The minimum absolute atomic E-state index is 0.328. The quantitative estimate of drug-likeness (QED) is 0.825. The third-order valence-electron chi connectivity index (χ3n) is 3.45. The summed E-state index contributed by atoms with van der Waals surface area (Å²) >= 11 is 0. The summed E-state index contributed by atoms with van der Waals surface area (Å²) in [7, 11) is 0. The second kappa shape index (κ2) is 3.93. The molecule has 1 N–H and O–H groups in total. The number of hydrogen-bond acceptors (Lipinski definition) is 4. The van der Waals surface area contributed by atoms with Gasteiger partial charge in [-0.25, -0.2) is 0 Å². The van der Waals surface area contributed by atoms with Gasteiger partial charge in [-0.1, -0.05) is 25.4 Å². The van der Waals surface area contributed by atoms with E-state index in [2.05, 4.69) is 17.1 Å². The van der Waals surface area contributed by atoms with Crippen LogP contribution in [0.3, 0.4) is 0 Å². The Morgan fingerprint density at radius 1 is 1.60 bits per heavy atom. The third-order valence-corrected chi connectivity index (χ3v) is 3.45. The molecule has 2 rings (SSSR count). The van der Waals surface area contributed by atoms with Crippen LogP contribution in [0.4, 0.5) is 0 Å². The molecular formula is C11H18N2O2. The number of aromatic nitrogens is 2. The molecule has 4 heteroatoms. The topological polar surface area (TPSA) is 59.2 Å². The fourth-order valence-corrected chi connectivity index (χ4v) is 2.26. The molecule has 0 saturated heterocycles. The second-order valence-electron chi connectivity index (χ2n) is 4.53. The van der Waals surface area contributed by atoms with Gasteiger partial charge in [0.05, 0.1) is 12.0 Å². The predicted octanol–water partition coefficient (Wildman–Crippen LogP) is 1.73. The van der Waals surface area contributed by atoms with Gasteiger partial charge in [0.2, 0.25) is 5.89 Å². The first kappa shape index (κ1) is 10.6. The van der Waals surface area contributed by atoms with Gasteiger partial charge in [-0.2, -0.15) is 4.98 Å². The average Bonchev–Trinajstić information content (AvgIpc) is 2.76. The normalized spacial score (nSPS) is 31.0. The van der Waals surface area contributed by atoms with Crippen LogP contribution < -0.4 is 0 Å². The van der Waals surface area contributed by atoms with Gasteiger partial charge in [-0.15, -0.1) is 0 Å². The molecule has 84 valence electrons. The van der Waals surface area contributed by atoms with Crippen molar-refractivity contribution in [2.45, 2.75) is 51.6 Å². The Balaban J connectivity index is 2.07. The maximum atomic E-state index is 10.4. The number of rotatable bonds is 3. The van der Waals surface area contributed by atoms with Gasteiger partial charge in [0.15, 0.2) is 5.82 Å². The van der Waals surface area contributed by atoms with Gasteiger partial charge in [0.25, 0.3) is 0 Å².